The predicted octanol–water partition coefficient (Wildman–Crippen LogP) is 1.97. The van der Waals surface area contributed by atoms with E-state index in [0.29, 0.717) is 12.0 Å². The summed E-state index contributed by atoms with van der Waals surface area (Å²) in [5.74, 6) is -0.104. The molecular weight excluding hydrogens is 232 g/mol. The van der Waals surface area contributed by atoms with Crippen LogP contribution in [-0.4, -0.2) is 35.0 Å². The molecule has 0 aromatic heterocycles. The third-order valence-corrected chi connectivity index (χ3v) is 4.07. The van der Waals surface area contributed by atoms with Gasteiger partial charge in [-0.25, -0.2) is 0 Å². The third kappa shape index (κ3) is 3.12. The van der Waals surface area contributed by atoms with E-state index in [0.717, 1.165) is 32.1 Å². The van der Waals surface area contributed by atoms with Gasteiger partial charge in [0, 0.05) is 24.9 Å². The van der Waals surface area contributed by atoms with Crippen LogP contribution in [0.1, 0.15) is 38.5 Å². The van der Waals surface area contributed by atoms with Crippen LogP contribution in [0.2, 0.25) is 0 Å². The monoisotopic (exact) mass is 254 g/mol. The zero-order valence-electron chi connectivity index (χ0n) is 10.6. The highest BCUT2D eigenvalue weighted by molar-refractivity contribution is 5.66. The normalized spacial score (nSPS) is 34.5. The molecule has 0 saturated carbocycles. The molecule has 0 spiro atoms. The molecule has 0 amide bonds. The Kier molecular flexibility index (Phi) is 4.78. The highest BCUT2D eigenvalue weighted by atomic mass is 16.5. The fourth-order valence-corrected chi connectivity index (χ4v) is 3.11. The Morgan fingerprint density at radius 2 is 2.06 bits per heavy atom. The molecule has 2 aliphatic rings. The van der Waals surface area contributed by atoms with Crippen molar-refractivity contribution in [2.75, 3.05) is 6.61 Å². The second-order valence-electron chi connectivity index (χ2n) is 5.28. The van der Waals surface area contributed by atoms with Crippen molar-refractivity contribution in [2.24, 2.45) is 11.8 Å². The molecule has 4 heteroatoms. The van der Waals surface area contributed by atoms with Crippen molar-refractivity contribution in [1.29, 1.82) is 0 Å². The molecule has 2 rings (SSSR count). The maximum atomic E-state index is 10.3. The summed E-state index contributed by atoms with van der Waals surface area (Å²) in [4.78, 5) is 10.3. The van der Waals surface area contributed by atoms with Crippen molar-refractivity contribution in [3.63, 3.8) is 0 Å². The molecule has 4 nitrogen and oxygen atoms in total. The Morgan fingerprint density at radius 1 is 1.28 bits per heavy atom. The number of carboxylic acid groups (broad SMARTS) is 1. The number of ether oxygens (including phenoxy) is 1. The Bertz CT molecular complexity index is 313. The molecule has 18 heavy (non-hydrogen) atoms. The lowest BCUT2D eigenvalue weighted by Gasteiger charge is -2.23. The van der Waals surface area contributed by atoms with Gasteiger partial charge in [-0.2, -0.15) is 0 Å². The van der Waals surface area contributed by atoms with Crippen LogP contribution in [0.4, 0.5) is 0 Å². The van der Waals surface area contributed by atoms with Crippen LogP contribution in [0.3, 0.4) is 0 Å². The Morgan fingerprint density at radius 3 is 2.78 bits per heavy atom. The van der Waals surface area contributed by atoms with Gasteiger partial charge in [-0.15, -0.1) is 0 Å². The average Bonchev–Trinajstić information content (AvgIpc) is 2.93. The van der Waals surface area contributed by atoms with Gasteiger partial charge in [-0.05, 0) is 32.1 Å². The van der Waals surface area contributed by atoms with Gasteiger partial charge in [0.2, 0.25) is 0 Å². The lowest BCUT2D eigenvalue weighted by molar-refractivity contribution is -0.137. The molecule has 2 N–H and O–H groups in total. The first-order valence-electron chi connectivity index (χ1n) is 6.87. The Balaban J connectivity index is 1.70. The highest BCUT2D eigenvalue weighted by Crippen LogP contribution is 2.43. The number of hydrogen-bond donors (Lipinski definition) is 2. The van der Waals surface area contributed by atoms with E-state index < -0.39 is 5.97 Å². The summed E-state index contributed by atoms with van der Waals surface area (Å²) >= 11 is 0. The second kappa shape index (κ2) is 6.34. The van der Waals surface area contributed by atoms with Gasteiger partial charge in [0.1, 0.15) is 0 Å². The standard InChI is InChI=1S/C14H22O4/c15-9-11-10(12-7-8-13(11)18-12)5-3-1-2-4-6-14(16)17/h3,5,10-13,15H,1-2,4,6-9H2,(H,16,17)/b5-3-/t10-,11+,12-,13+/m0/s1. The molecule has 0 aromatic rings. The first-order valence-corrected chi connectivity index (χ1v) is 6.87. The molecule has 0 aliphatic carbocycles. The molecule has 0 radical (unpaired) electrons. The molecule has 4 atom stereocenters. The molecule has 2 bridgehead atoms. The number of rotatable bonds is 7. The van der Waals surface area contributed by atoms with Gasteiger partial charge in [-0.1, -0.05) is 12.2 Å². The predicted molar refractivity (Wildman–Crippen MR) is 67.2 cm³/mol. The van der Waals surface area contributed by atoms with E-state index in [1.165, 1.54) is 0 Å². The number of carboxylic acids is 1. The summed E-state index contributed by atoms with van der Waals surface area (Å²) < 4.78 is 5.81. The van der Waals surface area contributed by atoms with Crippen molar-refractivity contribution in [3.05, 3.63) is 12.2 Å². The molecule has 2 heterocycles. The van der Waals surface area contributed by atoms with Crippen molar-refractivity contribution < 1.29 is 19.7 Å². The van der Waals surface area contributed by atoms with Crippen LogP contribution in [0, 0.1) is 11.8 Å². The van der Waals surface area contributed by atoms with Crippen LogP contribution in [-0.2, 0) is 9.53 Å². The minimum atomic E-state index is -0.721. The quantitative estimate of drug-likeness (QED) is 0.538. The summed E-state index contributed by atoms with van der Waals surface area (Å²) in [5, 5.41) is 17.9. The summed E-state index contributed by atoms with van der Waals surface area (Å²) in [5.41, 5.74) is 0. The van der Waals surface area contributed by atoms with Gasteiger partial charge in [-0.3, -0.25) is 4.79 Å². The molecule has 2 fully saturated rings. The highest BCUT2D eigenvalue weighted by Gasteiger charge is 2.47. The third-order valence-electron chi connectivity index (χ3n) is 4.07. The lowest BCUT2D eigenvalue weighted by atomic mass is 9.79. The van der Waals surface area contributed by atoms with Crippen LogP contribution >= 0.6 is 0 Å². The number of allylic oxidation sites excluding steroid dienone is 1. The van der Waals surface area contributed by atoms with Crippen LogP contribution in [0.5, 0.6) is 0 Å². The van der Waals surface area contributed by atoms with E-state index in [2.05, 4.69) is 12.2 Å². The van der Waals surface area contributed by atoms with E-state index in [1.54, 1.807) is 0 Å². The number of carbonyl (C=O) groups is 1. The number of aliphatic carboxylic acids is 1. The average molecular weight is 254 g/mol. The van der Waals surface area contributed by atoms with E-state index in [-0.39, 0.29) is 25.0 Å². The zero-order chi connectivity index (χ0) is 13.0. The number of aliphatic hydroxyl groups excluding tert-OH is 1. The molecule has 0 unspecified atom stereocenters. The minimum Gasteiger partial charge on any atom is -0.481 e. The largest absolute Gasteiger partial charge is 0.481 e. The molecule has 0 aromatic carbocycles. The summed E-state index contributed by atoms with van der Waals surface area (Å²) in [6, 6.07) is 0. The topological polar surface area (TPSA) is 66.8 Å². The number of aliphatic hydroxyl groups is 1. The number of hydrogen-bond acceptors (Lipinski definition) is 3. The van der Waals surface area contributed by atoms with Crippen LogP contribution in [0.15, 0.2) is 12.2 Å². The molecule has 2 saturated heterocycles. The van der Waals surface area contributed by atoms with E-state index in [9.17, 15) is 9.90 Å². The van der Waals surface area contributed by atoms with Gasteiger partial charge >= 0.3 is 5.97 Å². The summed E-state index contributed by atoms with van der Waals surface area (Å²) in [6.45, 7) is 0.204. The first-order chi connectivity index (χ1) is 8.72. The SMILES string of the molecule is O=C(O)CCCC/C=C\[C@H]1[C@@H](CO)[C@H]2CC[C@@H]1O2. The number of fused-ring (bicyclic) bond motifs is 2. The molecule has 102 valence electrons. The first kappa shape index (κ1) is 13.6. The van der Waals surface area contributed by atoms with Gasteiger partial charge < -0.3 is 14.9 Å². The van der Waals surface area contributed by atoms with Crippen molar-refractivity contribution in [2.45, 2.75) is 50.7 Å². The van der Waals surface area contributed by atoms with E-state index in [4.69, 9.17) is 9.84 Å². The lowest BCUT2D eigenvalue weighted by Crippen LogP contribution is -2.28. The minimum absolute atomic E-state index is 0.204. The molecular formula is C14H22O4. The van der Waals surface area contributed by atoms with Crippen molar-refractivity contribution in [1.82, 2.24) is 0 Å². The van der Waals surface area contributed by atoms with Gasteiger partial charge in [0.25, 0.3) is 0 Å². The summed E-state index contributed by atoms with van der Waals surface area (Å²) in [7, 11) is 0. The zero-order valence-corrected chi connectivity index (χ0v) is 10.6. The second-order valence-corrected chi connectivity index (χ2v) is 5.28. The van der Waals surface area contributed by atoms with Gasteiger partial charge in [0.15, 0.2) is 0 Å². The fraction of sp³-hybridized carbons (Fsp3) is 0.786. The molecule has 2 aliphatic heterocycles. The van der Waals surface area contributed by atoms with Crippen molar-refractivity contribution >= 4 is 5.97 Å². The maximum absolute atomic E-state index is 10.3. The maximum Gasteiger partial charge on any atom is 0.303 e. The smallest absolute Gasteiger partial charge is 0.303 e. The Labute approximate surface area is 108 Å². The van der Waals surface area contributed by atoms with E-state index in [1.807, 2.05) is 0 Å². The van der Waals surface area contributed by atoms with E-state index >= 15 is 0 Å². The summed E-state index contributed by atoms with van der Waals surface area (Å²) in [6.07, 6.45) is 9.84. The Hall–Kier alpha value is -0.870. The van der Waals surface area contributed by atoms with Crippen LogP contribution in [0.25, 0.3) is 0 Å². The fourth-order valence-electron chi connectivity index (χ4n) is 3.11. The van der Waals surface area contributed by atoms with Crippen molar-refractivity contribution in [3.8, 4) is 0 Å². The van der Waals surface area contributed by atoms with Gasteiger partial charge in [0.05, 0.1) is 12.2 Å². The van der Waals surface area contributed by atoms with Crippen LogP contribution < -0.4 is 0 Å². The number of unbranched alkanes of at least 4 members (excludes halogenated alkanes) is 2.